The summed E-state index contributed by atoms with van der Waals surface area (Å²) in [6.45, 7) is 0.434. The highest BCUT2D eigenvalue weighted by Crippen LogP contribution is 2.25. The Morgan fingerprint density at radius 2 is 2.23 bits per heavy atom. The Hall–Kier alpha value is -2.09. The summed E-state index contributed by atoms with van der Waals surface area (Å²) in [6.07, 6.45) is 2.07. The van der Waals surface area contributed by atoms with E-state index in [1.807, 2.05) is 17.5 Å². The number of hydrogen-bond donors (Lipinski definition) is 3. The molecule has 22 heavy (non-hydrogen) atoms. The van der Waals surface area contributed by atoms with E-state index in [0.717, 1.165) is 17.7 Å². The molecule has 4 N–H and O–H groups in total. The molecule has 120 valence electrons. The fraction of sp³-hybridized carbons (Fsp3) is 0.500. The summed E-state index contributed by atoms with van der Waals surface area (Å²) in [7, 11) is 0. The van der Waals surface area contributed by atoms with Crippen LogP contribution in [0.3, 0.4) is 0 Å². The van der Waals surface area contributed by atoms with E-state index >= 15 is 0 Å². The summed E-state index contributed by atoms with van der Waals surface area (Å²) >= 11 is 1.41. The van der Waals surface area contributed by atoms with Crippen LogP contribution >= 0.6 is 11.3 Å². The summed E-state index contributed by atoms with van der Waals surface area (Å²) in [4.78, 5) is 37.1. The molecule has 0 aromatic carbocycles. The van der Waals surface area contributed by atoms with Crippen LogP contribution in [-0.4, -0.2) is 40.5 Å². The topological polar surface area (TPSA) is 113 Å². The minimum atomic E-state index is -0.983. The number of thiophene rings is 1. The summed E-state index contributed by atoms with van der Waals surface area (Å²) in [6, 6.07) is 1.62. The van der Waals surface area contributed by atoms with Crippen molar-refractivity contribution in [2.75, 3.05) is 6.54 Å². The van der Waals surface area contributed by atoms with Crippen LogP contribution in [0.1, 0.15) is 36.6 Å². The van der Waals surface area contributed by atoms with Gasteiger partial charge in [0.15, 0.2) is 0 Å². The number of nitrogens with two attached hydrogens (primary N) is 1. The van der Waals surface area contributed by atoms with Gasteiger partial charge in [-0.25, -0.2) is 9.59 Å². The lowest BCUT2D eigenvalue weighted by Crippen LogP contribution is -2.49. The van der Waals surface area contributed by atoms with Crippen molar-refractivity contribution < 1.29 is 19.5 Å². The van der Waals surface area contributed by atoms with Gasteiger partial charge in [0.2, 0.25) is 5.91 Å². The maximum absolute atomic E-state index is 12.5. The lowest BCUT2D eigenvalue weighted by Gasteiger charge is -2.34. The predicted molar refractivity (Wildman–Crippen MR) is 81.4 cm³/mol. The summed E-state index contributed by atoms with van der Waals surface area (Å²) < 4.78 is 0. The molecule has 1 aromatic heterocycles. The molecule has 8 heteroatoms. The highest BCUT2D eigenvalue weighted by Gasteiger charge is 2.33. The third-order valence-corrected chi connectivity index (χ3v) is 4.68. The SMILES string of the molecule is NC(=O)NC(CC(=O)N1CCCCC1C(=O)O)c1cccs1. The first-order valence-corrected chi connectivity index (χ1v) is 7.98. The van der Waals surface area contributed by atoms with E-state index in [1.165, 1.54) is 16.2 Å². The van der Waals surface area contributed by atoms with Gasteiger partial charge in [0.1, 0.15) is 6.04 Å². The first-order chi connectivity index (χ1) is 10.5. The Bertz CT molecular complexity index is 546. The number of urea groups is 1. The molecule has 0 aliphatic carbocycles. The summed E-state index contributed by atoms with van der Waals surface area (Å²) in [5, 5.41) is 13.6. The van der Waals surface area contributed by atoms with E-state index in [2.05, 4.69) is 5.32 Å². The smallest absolute Gasteiger partial charge is 0.326 e. The van der Waals surface area contributed by atoms with Crippen LogP contribution < -0.4 is 11.1 Å². The number of nitrogens with one attached hydrogen (secondary N) is 1. The fourth-order valence-electron chi connectivity index (χ4n) is 2.66. The van der Waals surface area contributed by atoms with Gasteiger partial charge in [0, 0.05) is 11.4 Å². The van der Waals surface area contributed by atoms with Crippen LogP contribution in [0.5, 0.6) is 0 Å². The molecule has 0 radical (unpaired) electrons. The van der Waals surface area contributed by atoms with Crippen molar-refractivity contribution >= 4 is 29.2 Å². The van der Waals surface area contributed by atoms with Gasteiger partial charge < -0.3 is 21.1 Å². The molecule has 2 atom stereocenters. The fourth-order valence-corrected chi connectivity index (χ4v) is 3.44. The molecular formula is C14H19N3O4S. The molecule has 1 aliphatic heterocycles. The zero-order valence-corrected chi connectivity index (χ0v) is 12.8. The van der Waals surface area contributed by atoms with Crippen LogP contribution in [0.2, 0.25) is 0 Å². The number of carboxylic acid groups (broad SMARTS) is 1. The molecule has 0 bridgehead atoms. The molecular weight excluding hydrogens is 306 g/mol. The number of amides is 3. The van der Waals surface area contributed by atoms with Gasteiger partial charge in [-0.3, -0.25) is 4.79 Å². The average Bonchev–Trinajstić information content (AvgIpc) is 3.00. The van der Waals surface area contributed by atoms with Crippen LogP contribution in [0.25, 0.3) is 0 Å². The average molecular weight is 325 g/mol. The van der Waals surface area contributed by atoms with Crippen LogP contribution in [0.4, 0.5) is 4.79 Å². The molecule has 0 saturated carbocycles. The number of hydrogen-bond acceptors (Lipinski definition) is 4. The van der Waals surface area contributed by atoms with Crippen LogP contribution in [0, 0.1) is 0 Å². The molecule has 1 fully saturated rings. The number of rotatable bonds is 5. The minimum Gasteiger partial charge on any atom is -0.480 e. The Labute approximate surface area is 132 Å². The number of nitrogens with zero attached hydrogens (tertiary/aromatic N) is 1. The van der Waals surface area contributed by atoms with E-state index in [9.17, 15) is 19.5 Å². The Morgan fingerprint density at radius 3 is 2.82 bits per heavy atom. The first-order valence-electron chi connectivity index (χ1n) is 7.10. The molecule has 7 nitrogen and oxygen atoms in total. The van der Waals surface area contributed by atoms with Gasteiger partial charge in [-0.2, -0.15) is 0 Å². The lowest BCUT2D eigenvalue weighted by molar-refractivity contribution is -0.152. The number of carbonyl (C=O) groups excluding carboxylic acids is 2. The number of piperidine rings is 1. The van der Waals surface area contributed by atoms with Crippen LogP contribution in [-0.2, 0) is 9.59 Å². The number of carboxylic acids is 1. The van der Waals surface area contributed by atoms with Gasteiger partial charge in [0.05, 0.1) is 12.5 Å². The second-order valence-corrected chi connectivity index (χ2v) is 6.20. The van der Waals surface area contributed by atoms with E-state index in [1.54, 1.807) is 0 Å². The third kappa shape index (κ3) is 3.97. The second kappa shape index (κ2) is 7.26. The van der Waals surface area contributed by atoms with Crippen molar-refractivity contribution in [3.63, 3.8) is 0 Å². The molecule has 1 aromatic rings. The normalized spacial score (nSPS) is 19.5. The van der Waals surface area contributed by atoms with Gasteiger partial charge in [-0.1, -0.05) is 6.07 Å². The van der Waals surface area contributed by atoms with E-state index in [-0.39, 0.29) is 12.3 Å². The maximum Gasteiger partial charge on any atom is 0.326 e. The monoisotopic (exact) mass is 325 g/mol. The second-order valence-electron chi connectivity index (χ2n) is 5.22. The van der Waals surface area contributed by atoms with Crippen LogP contribution in [0.15, 0.2) is 17.5 Å². The van der Waals surface area contributed by atoms with Crippen molar-refractivity contribution in [3.05, 3.63) is 22.4 Å². The molecule has 2 heterocycles. The largest absolute Gasteiger partial charge is 0.480 e. The Morgan fingerprint density at radius 1 is 1.45 bits per heavy atom. The van der Waals surface area contributed by atoms with Crippen molar-refractivity contribution in [1.29, 1.82) is 0 Å². The van der Waals surface area contributed by atoms with Gasteiger partial charge >= 0.3 is 12.0 Å². The molecule has 2 unspecified atom stereocenters. The zero-order chi connectivity index (χ0) is 16.1. The summed E-state index contributed by atoms with van der Waals surface area (Å²) in [5.41, 5.74) is 5.16. The van der Waals surface area contributed by atoms with Gasteiger partial charge in [0.25, 0.3) is 0 Å². The quantitative estimate of drug-likeness (QED) is 0.757. The van der Waals surface area contributed by atoms with Gasteiger partial charge in [-0.15, -0.1) is 11.3 Å². The van der Waals surface area contributed by atoms with Crippen molar-refractivity contribution in [2.24, 2.45) is 5.73 Å². The highest BCUT2D eigenvalue weighted by atomic mass is 32.1. The molecule has 3 amide bonds. The van der Waals surface area contributed by atoms with E-state index in [4.69, 9.17) is 5.73 Å². The van der Waals surface area contributed by atoms with E-state index < -0.39 is 24.1 Å². The zero-order valence-electron chi connectivity index (χ0n) is 12.0. The van der Waals surface area contributed by atoms with E-state index in [0.29, 0.717) is 13.0 Å². The number of likely N-dealkylation sites (tertiary alicyclic amines) is 1. The molecule has 2 rings (SSSR count). The van der Waals surface area contributed by atoms with Crippen molar-refractivity contribution in [1.82, 2.24) is 10.2 Å². The van der Waals surface area contributed by atoms with Crippen molar-refractivity contribution in [3.8, 4) is 0 Å². The number of aliphatic carboxylic acids is 1. The lowest BCUT2D eigenvalue weighted by atomic mass is 10.0. The summed E-state index contributed by atoms with van der Waals surface area (Å²) in [5.74, 6) is -1.26. The Kier molecular flexibility index (Phi) is 5.37. The predicted octanol–water partition coefficient (Wildman–Crippen LogP) is 1.31. The highest BCUT2D eigenvalue weighted by molar-refractivity contribution is 7.10. The number of primary amides is 1. The van der Waals surface area contributed by atoms with Crippen molar-refractivity contribution in [2.45, 2.75) is 37.8 Å². The molecule has 1 aliphatic rings. The maximum atomic E-state index is 12.5. The minimum absolute atomic E-state index is 0.00718. The first kappa shape index (κ1) is 16.3. The molecule has 1 saturated heterocycles. The Balaban J connectivity index is 2.09. The molecule has 0 spiro atoms. The number of carbonyl (C=O) groups is 3. The van der Waals surface area contributed by atoms with Gasteiger partial charge in [-0.05, 0) is 30.7 Å². The standard InChI is InChI=1S/C14H19N3O4S/c15-14(21)16-9(11-5-3-7-22-11)8-12(18)17-6-2-1-4-10(17)13(19)20/h3,5,7,9-10H,1-2,4,6,8H2,(H,19,20)(H3,15,16,21). The third-order valence-electron chi connectivity index (χ3n) is 3.69.